The van der Waals surface area contributed by atoms with Crippen molar-refractivity contribution in [2.45, 2.75) is 24.7 Å². The lowest BCUT2D eigenvalue weighted by Crippen LogP contribution is -2.41. The van der Waals surface area contributed by atoms with E-state index >= 15 is 0 Å². The third-order valence-corrected chi connectivity index (χ3v) is 6.03. The summed E-state index contributed by atoms with van der Waals surface area (Å²) in [6, 6.07) is 14.1. The number of hydrogen-bond donors (Lipinski definition) is 0. The average molecular weight is 388 g/mol. The molecule has 1 fully saturated rings. The Morgan fingerprint density at radius 3 is 2.52 bits per heavy atom. The van der Waals surface area contributed by atoms with Gasteiger partial charge in [-0.25, -0.2) is 8.42 Å². The molecule has 6 heteroatoms. The summed E-state index contributed by atoms with van der Waals surface area (Å²) >= 11 is 0. The van der Waals surface area contributed by atoms with Gasteiger partial charge in [0.15, 0.2) is 9.84 Å². The number of likely N-dealkylation sites (tertiary alicyclic amines) is 1. The van der Waals surface area contributed by atoms with E-state index in [1.54, 1.807) is 12.1 Å². The SMILES string of the molecule is Cc1ccccc1OC[C@@H]1CCCN(C(=O)c2ccc(S(C)(=O)=O)cc2)C1. The number of ether oxygens (including phenoxy) is 1. The number of carbonyl (C=O) groups is 1. The molecule has 144 valence electrons. The Labute approximate surface area is 160 Å². The molecule has 1 amide bonds. The molecule has 0 aromatic heterocycles. The Kier molecular flexibility index (Phi) is 5.85. The van der Waals surface area contributed by atoms with Gasteiger partial charge in [-0.1, -0.05) is 18.2 Å². The molecule has 0 N–H and O–H groups in total. The van der Waals surface area contributed by atoms with Gasteiger partial charge in [0, 0.05) is 30.8 Å². The quantitative estimate of drug-likeness (QED) is 0.789. The average Bonchev–Trinajstić information content (AvgIpc) is 2.66. The van der Waals surface area contributed by atoms with E-state index in [1.165, 1.54) is 12.1 Å². The molecule has 0 saturated carbocycles. The second-order valence-electron chi connectivity index (χ2n) is 7.13. The monoisotopic (exact) mass is 387 g/mol. The highest BCUT2D eigenvalue weighted by atomic mass is 32.2. The Bertz CT molecular complexity index is 906. The van der Waals surface area contributed by atoms with E-state index in [2.05, 4.69) is 0 Å². The summed E-state index contributed by atoms with van der Waals surface area (Å²) in [4.78, 5) is 14.8. The summed E-state index contributed by atoms with van der Waals surface area (Å²) in [5.74, 6) is 1.12. The first-order valence-electron chi connectivity index (χ1n) is 9.12. The van der Waals surface area contributed by atoms with E-state index in [0.29, 0.717) is 25.3 Å². The molecule has 0 spiro atoms. The van der Waals surface area contributed by atoms with Crippen LogP contribution in [0.25, 0.3) is 0 Å². The van der Waals surface area contributed by atoms with Crippen LogP contribution >= 0.6 is 0 Å². The summed E-state index contributed by atoms with van der Waals surface area (Å²) in [5, 5.41) is 0. The van der Waals surface area contributed by atoms with Crippen LogP contribution in [-0.4, -0.2) is 45.2 Å². The van der Waals surface area contributed by atoms with Crippen molar-refractivity contribution in [2.75, 3.05) is 26.0 Å². The zero-order valence-electron chi connectivity index (χ0n) is 15.7. The Morgan fingerprint density at radius 1 is 1.15 bits per heavy atom. The normalized spacial score (nSPS) is 17.6. The smallest absolute Gasteiger partial charge is 0.253 e. The lowest BCUT2D eigenvalue weighted by molar-refractivity contribution is 0.0633. The molecule has 2 aromatic rings. The van der Waals surface area contributed by atoms with Crippen LogP contribution in [-0.2, 0) is 9.84 Å². The van der Waals surface area contributed by atoms with Crippen LogP contribution in [0.5, 0.6) is 5.75 Å². The summed E-state index contributed by atoms with van der Waals surface area (Å²) in [5.41, 5.74) is 1.62. The molecular weight excluding hydrogens is 362 g/mol. The fraction of sp³-hybridized carbons (Fsp3) is 0.381. The first-order chi connectivity index (χ1) is 12.8. The predicted molar refractivity (Wildman–Crippen MR) is 105 cm³/mol. The number of para-hydroxylation sites is 1. The van der Waals surface area contributed by atoms with Gasteiger partial charge < -0.3 is 9.64 Å². The minimum absolute atomic E-state index is 0.0596. The molecule has 1 saturated heterocycles. The van der Waals surface area contributed by atoms with Crippen molar-refractivity contribution in [3.8, 4) is 5.75 Å². The highest BCUT2D eigenvalue weighted by molar-refractivity contribution is 7.90. The van der Waals surface area contributed by atoms with Crippen LogP contribution in [0.2, 0.25) is 0 Å². The molecule has 0 unspecified atom stereocenters. The van der Waals surface area contributed by atoms with Gasteiger partial charge >= 0.3 is 0 Å². The number of aryl methyl sites for hydroxylation is 1. The zero-order chi connectivity index (χ0) is 19.4. The van der Waals surface area contributed by atoms with Crippen molar-refractivity contribution in [1.82, 2.24) is 4.90 Å². The standard InChI is InChI=1S/C21H25NO4S/c1-16-6-3-4-8-20(16)26-15-17-7-5-13-22(14-17)21(23)18-9-11-19(12-10-18)27(2,24)25/h3-4,6,8-12,17H,5,7,13-15H2,1-2H3/t17-/m1/s1. The van der Waals surface area contributed by atoms with Gasteiger partial charge in [0.25, 0.3) is 5.91 Å². The number of piperidine rings is 1. The van der Waals surface area contributed by atoms with Crippen molar-refractivity contribution >= 4 is 15.7 Å². The lowest BCUT2D eigenvalue weighted by Gasteiger charge is -2.33. The van der Waals surface area contributed by atoms with Crippen molar-refractivity contribution in [3.05, 3.63) is 59.7 Å². The van der Waals surface area contributed by atoms with Crippen LogP contribution in [0.4, 0.5) is 0 Å². The molecule has 1 heterocycles. The Balaban J connectivity index is 1.62. The fourth-order valence-corrected chi connectivity index (χ4v) is 3.97. The maximum Gasteiger partial charge on any atom is 0.253 e. The van der Waals surface area contributed by atoms with Gasteiger partial charge in [0.1, 0.15) is 5.75 Å². The van der Waals surface area contributed by atoms with Crippen molar-refractivity contribution in [3.63, 3.8) is 0 Å². The number of sulfone groups is 1. The summed E-state index contributed by atoms with van der Waals surface area (Å²) in [6.45, 7) is 3.97. The van der Waals surface area contributed by atoms with Crippen LogP contribution in [0.15, 0.2) is 53.4 Å². The fourth-order valence-electron chi connectivity index (χ4n) is 3.34. The number of amides is 1. The molecular formula is C21H25NO4S. The van der Waals surface area contributed by atoms with Crippen molar-refractivity contribution in [2.24, 2.45) is 5.92 Å². The molecule has 0 radical (unpaired) electrons. The zero-order valence-corrected chi connectivity index (χ0v) is 16.5. The van der Waals surface area contributed by atoms with E-state index in [0.717, 1.165) is 30.4 Å². The van der Waals surface area contributed by atoms with Crippen LogP contribution in [0.3, 0.4) is 0 Å². The summed E-state index contributed by atoms with van der Waals surface area (Å²) in [7, 11) is -3.26. The number of carbonyl (C=O) groups excluding carboxylic acids is 1. The third-order valence-electron chi connectivity index (χ3n) is 4.90. The van der Waals surface area contributed by atoms with Crippen LogP contribution in [0, 0.1) is 12.8 Å². The van der Waals surface area contributed by atoms with E-state index < -0.39 is 9.84 Å². The van der Waals surface area contributed by atoms with E-state index in [1.807, 2.05) is 36.1 Å². The molecule has 27 heavy (non-hydrogen) atoms. The molecule has 1 atom stereocenters. The second kappa shape index (κ2) is 8.13. The van der Waals surface area contributed by atoms with Crippen LogP contribution < -0.4 is 4.74 Å². The first kappa shape index (κ1) is 19.4. The minimum atomic E-state index is -3.26. The number of nitrogens with zero attached hydrogens (tertiary/aromatic N) is 1. The van der Waals surface area contributed by atoms with Crippen molar-refractivity contribution in [1.29, 1.82) is 0 Å². The highest BCUT2D eigenvalue weighted by Crippen LogP contribution is 2.22. The molecule has 0 aliphatic carbocycles. The van der Waals surface area contributed by atoms with E-state index in [-0.39, 0.29) is 16.7 Å². The van der Waals surface area contributed by atoms with E-state index in [9.17, 15) is 13.2 Å². The Morgan fingerprint density at radius 2 is 1.85 bits per heavy atom. The van der Waals surface area contributed by atoms with Crippen LogP contribution in [0.1, 0.15) is 28.8 Å². The molecule has 1 aliphatic heterocycles. The van der Waals surface area contributed by atoms with Gasteiger partial charge in [-0.2, -0.15) is 0 Å². The third kappa shape index (κ3) is 4.89. The Hall–Kier alpha value is -2.34. The second-order valence-corrected chi connectivity index (χ2v) is 9.15. The number of rotatable bonds is 5. The summed E-state index contributed by atoms with van der Waals surface area (Å²) < 4.78 is 29.1. The van der Waals surface area contributed by atoms with Gasteiger partial charge in [0.2, 0.25) is 0 Å². The first-order valence-corrected chi connectivity index (χ1v) is 11.0. The molecule has 0 bridgehead atoms. The van der Waals surface area contributed by atoms with Gasteiger partial charge in [-0.3, -0.25) is 4.79 Å². The minimum Gasteiger partial charge on any atom is -0.493 e. The topological polar surface area (TPSA) is 63.7 Å². The predicted octanol–water partition coefficient (Wildman–Crippen LogP) is 3.33. The highest BCUT2D eigenvalue weighted by Gasteiger charge is 2.25. The maximum atomic E-state index is 12.8. The molecule has 3 rings (SSSR count). The lowest BCUT2D eigenvalue weighted by atomic mass is 9.98. The van der Waals surface area contributed by atoms with Gasteiger partial charge in [-0.05, 0) is 55.7 Å². The maximum absolute atomic E-state index is 12.8. The molecule has 2 aromatic carbocycles. The van der Waals surface area contributed by atoms with Crippen molar-refractivity contribution < 1.29 is 17.9 Å². The van der Waals surface area contributed by atoms with Gasteiger partial charge in [0.05, 0.1) is 11.5 Å². The largest absolute Gasteiger partial charge is 0.493 e. The molecule has 5 nitrogen and oxygen atoms in total. The number of benzene rings is 2. The van der Waals surface area contributed by atoms with E-state index in [4.69, 9.17) is 4.74 Å². The molecule has 1 aliphatic rings. The van der Waals surface area contributed by atoms with Gasteiger partial charge in [-0.15, -0.1) is 0 Å². The number of hydrogen-bond acceptors (Lipinski definition) is 4. The summed E-state index contributed by atoms with van der Waals surface area (Å²) in [6.07, 6.45) is 3.13.